The molecule has 0 heterocycles. The number of esters is 4. The first-order chi connectivity index (χ1) is 29.8. The van der Waals surface area contributed by atoms with Crippen LogP contribution in [0.15, 0.2) is 146 Å². The first-order valence-electron chi connectivity index (χ1n) is 18.8. The Morgan fingerprint density at radius 1 is 0.381 bits per heavy atom. The molecule has 0 amide bonds. The van der Waals surface area contributed by atoms with Crippen LogP contribution in [0.5, 0.6) is 0 Å². The zero-order valence-electron chi connectivity index (χ0n) is 33.2. The maximum atomic E-state index is 14.0. The van der Waals surface area contributed by atoms with Crippen LogP contribution in [-0.2, 0) is 18.9 Å². The molecule has 4 aromatic rings. The highest BCUT2D eigenvalue weighted by Gasteiger charge is 2.59. The van der Waals surface area contributed by atoms with Gasteiger partial charge in [-0.25, -0.2) is 38.4 Å². The summed E-state index contributed by atoms with van der Waals surface area (Å²) in [5, 5.41) is 37.3. The molecule has 0 saturated heterocycles. The van der Waals surface area contributed by atoms with E-state index in [1.165, 1.54) is 146 Å². The van der Waals surface area contributed by atoms with Crippen molar-refractivity contribution in [2.45, 2.75) is 37.3 Å². The molecule has 0 fully saturated rings. The molecule has 320 valence electrons. The van der Waals surface area contributed by atoms with Gasteiger partial charge in [-0.2, -0.15) is 0 Å². The summed E-state index contributed by atoms with van der Waals surface area (Å²) in [5.74, 6) is -8.38. The van der Waals surface area contributed by atoms with Gasteiger partial charge < -0.3 is 39.4 Å². The van der Waals surface area contributed by atoms with E-state index in [0.29, 0.717) is 0 Å². The van der Waals surface area contributed by atoms with Crippen molar-refractivity contribution in [2.75, 3.05) is 0 Å². The molecule has 0 spiro atoms. The highest BCUT2D eigenvalue weighted by molar-refractivity contribution is 5.95. The number of hydrogen-bond acceptors (Lipinski definition) is 12. The number of ether oxygens (including phenoxy) is 4. The van der Waals surface area contributed by atoms with E-state index in [4.69, 9.17) is 18.9 Å². The number of rotatable bonds is 14. The van der Waals surface area contributed by atoms with Crippen molar-refractivity contribution in [1.82, 2.24) is 0 Å². The third kappa shape index (κ3) is 9.34. The van der Waals surface area contributed by atoms with E-state index in [2.05, 4.69) is 0 Å². The lowest BCUT2D eigenvalue weighted by Crippen LogP contribution is -2.60. The summed E-state index contributed by atoms with van der Waals surface area (Å²) in [6, 6.07) is 19.8. The van der Waals surface area contributed by atoms with Crippen LogP contribution in [0.2, 0.25) is 0 Å². The average molecular weight is 857 g/mol. The van der Waals surface area contributed by atoms with Gasteiger partial charge in [0, 0.05) is 0 Å². The fraction of sp³-hybridized carbons (Fsp3) is 0.149. The number of benzene rings is 4. The largest absolute Gasteiger partial charge is 0.478 e. The van der Waals surface area contributed by atoms with Crippen molar-refractivity contribution in [3.63, 3.8) is 0 Å². The van der Waals surface area contributed by atoms with Crippen molar-refractivity contribution < 1.29 is 77.7 Å². The van der Waals surface area contributed by atoms with Gasteiger partial charge in [-0.05, 0) is 146 Å². The van der Waals surface area contributed by atoms with Gasteiger partial charge in [0.1, 0.15) is 12.2 Å². The summed E-state index contributed by atoms with van der Waals surface area (Å²) < 4.78 is 23.8. The van der Waals surface area contributed by atoms with Crippen molar-refractivity contribution in [2.24, 2.45) is 5.41 Å². The Labute approximate surface area is 357 Å². The standard InChI is InChI=1S/C47H36O16/c1-45(2,46(62-43(58)33-15-7-29(8-16-33)39(52)53)23-19-35(20-24-46)60-41(56)31-11-3-27(4-12-31)37(48)49)47(63-44(59)34-17-9-30(10-18-34)40(54)55)25-21-36(22-26-47)61-42(57)32-13-5-28(6-14-32)38(50)51/h3-26,35-36H,1-2H3,(H,48,49)(H,50,51)(H,52,53)(H,54,55). The predicted molar refractivity (Wildman–Crippen MR) is 219 cm³/mol. The van der Waals surface area contributed by atoms with Crippen molar-refractivity contribution in [1.29, 1.82) is 0 Å². The number of carbonyl (C=O) groups excluding carboxylic acids is 4. The molecule has 2 aliphatic carbocycles. The van der Waals surface area contributed by atoms with E-state index < -0.39 is 76.6 Å². The van der Waals surface area contributed by atoms with Gasteiger partial charge in [0.05, 0.1) is 49.9 Å². The minimum atomic E-state index is -1.90. The minimum absolute atomic E-state index is 0.0439. The van der Waals surface area contributed by atoms with Crippen LogP contribution in [0.3, 0.4) is 0 Å². The summed E-state index contributed by atoms with van der Waals surface area (Å²) in [6.07, 6.45) is 9.14. The summed E-state index contributed by atoms with van der Waals surface area (Å²) >= 11 is 0. The molecule has 0 unspecified atom stereocenters. The second kappa shape index (κ2) is 17.7. The van der Waals surface area contributed by atoms with Crippen LogP contribution >= 0.6 is 0 Å². The quantitative estimate of drug-likeness (QED) is 0.0584. The van der Waals surface area contributed by atoms with E-state index in [1.807, 2.05) is 0 Å². The van der Waals surface area contributed by atoms with Crippen LogP contribution in [0, 0.1) is 5.41 Å². The fourth-order valence-electron chi connectivity index (χ4n) is 6.68. The van der Waals surface area contributed by atoms with Crippen molar-refractivity contribution in [3.05, 3.63) is 190 Å². The monoisotopic (exact) mass is 856 g/mol. The molecule has 0 radical (unpaired) electrons. The lowest BCUT2D eigenvalue weighted by molar-refractivity contribution is -0.106. The summed E-state index contributed by atoms with van der Waals surface area (Å²) in [5.41, 5.74) is -5.76. The van der Waals surface area contributed by atoms with Gasteiger partial charge >= 0.3 is 47.8 Å². The number of aromatic carboxylic acids is 4. The summed E-state index contributed by atoms with van der Waals surface area (Å²) in [7, 11) is 0. The topological polar surface area (TPSA) is 254 Å². The maximum absolute atomic E-state index is 14.0. The number of hydrogen-bond donors (Lipinski definition) is 4. The molecule has 6 rings (SSSR count). The molecule has 2 aliphatic rings. The predicted octanol–water partition coefficient (Wildman–Crippen LogP) is 6.70. The Kier molecular flexibility index (Phi) is 12.4. The Bertz CT molecular complexity index is 2400. The van der Waals surface area contributed by atoms with Crippen molar-refractivity contribution in [3.8, 4) is 0 Å². The van der Waals surface area contributed by atoms with E-state index in [9.17, 15) is 58.8 Å². The molecule has 0 bridgehead atoms. The van der Waals surface area contributed by atoms with Crippen LogP contribution in [-0.4, -0.2) is 91.6 Å². The summed E-state index contributed by atoms with van der Waals surface area (Å²) in [4.78, 5) is 99.9. The van der Waals surface area contributed by atoms with Crippen LogP contribution in [0.25, 0.3) is 0 Å². The fourth-order valence-corrected chi connectivity index (χ4v) is 6.68. The van der Waals surface area contributed by atoms with Crippen LogP contribution in [0.1, 0.15) is 96.7 Å². The Balaban J connectivity index is 1.38. The molecule has 16 nitrogen and oxygen atoms in total. The summed E-state index contributed by atoms with van der Waals surface area (Å²) in [6.45, 7) is 3.18. The lowest BCUT2D eigenvalue weighted by atomic mass is 9.61. The maximum Gasteiger partial charge on any atom is 0.339 e. The third-order valence-corrected chi connectivity index (χ3v) is 10.6. The van der Waals surface area contributed by atoms with Crippen LogP contribution in [0.4, 0.5) is 0 Å². The van der Waals surface area contributed by atoms with Gasteiger partial charge in [0.15, 0.2) is 11.2 Å². The smallest absolute Gasteiger partial charge is 0.339 e. The minimum Gasteiger partial charge on any atom is -0.478 e. The molecule has 0 aromatic heterocycles. The molecule has 16 heteroatoms. The second-order valence-corrected chi connectivity index (χ2v) is 14.7. The Morgan fingerprint density at radius 2 is 0.587 bits per heavy atom. The van der Waals surface area contributed by atoms with Crippen LogP contribution < -0.4 is 0 Å². The lowest BCUT2D eigenvalue weighted by Gasteiger charge is -2.52. The zero-order valence-corrected chi connectivity index (χ0v) is 33.2. The van der Waals surface area contributed by atoms with Crippen molar-refractivity contribution >= 4 is 47.8 Å². The van der Waals surface area contributed by atoms with Gasteiger partial charge in [-0.1, -0.05) is 13.8 Å². The normalized spacial score (nSPS) is 19.9. The Hall–Kier alpha value is -8.40. The number of carbonyl (C=O) groups is 8. The van der Waals surface area contributed by atoms with E-state index in [1.54, 1.807) is 13.8 Å². The first-order valence-corrected chi connectivity index (χ1v) is 18.8. The van der Waals surface area contributed by atoms with E-state index in [0.717, 1.165) is 0 Å². The van der Waals surface area contributed by atoms with Gasteiger partial charge in [-0.3, -0.25) is 0 Å². The second-order valence-electron chi connectivity index (χ2n) is 14.7. The molecule has 4 aromatic carbocycles. The van der Waals surface area contributed by atoms with E-state index >= 15 is 0 Å². The highest BCUT2D eigenvalue weighted by atomic mass is 16.6. The van der Waals surface area contributed by atoms with Gasteiger partial charge in [0.2, 0.25) is 0 Å². The molecule has 0 saturated carbocycles. The molecular weight excluding hydrogens is 821 g/mol. The molecule has 0 aliphatic heterocycles. The van der Waals surface area contributed by atoms with Gasteiger partial charge in [-0.15, -0.1) is 0 Å². The number of carboxylic acids is 4. The molecule has 0 atom stereocenters. The highest BCUT2D eigenvalue weighted by Crippen LogP contribution is 2.51. The van der Waals surface area contributed by atoms with E-state index in [-0.39, 0.29) is 44.5 Å². The van der Waals surface area contributed by atoms with Gasteiger partial charge in [0.25, 0.3) is 0 Å². The molecular formula is C47H36O16. The molecule has 4 N–H and O–H groups in total. The average Bonchev–Trinajstić information content (AvgIpc) is 3.27. The Morgan fingerprint density at radius 3 is 0.810 bits per heavy atom. The first kappa shape index (κ1) is 44.2. The zero-order chi connectivity index (χ0) is 45.7. The number of carboxylic acid groups (broad SMARTS) is 4. The SMILES string of the molecule is CC(C)(C1(OC(=O)c2ccc(C(=O)O)cc2)C=CC(OC(=O)c2ccc(C(=O)O)cc2)C=C1)C1(OC(=O)c2ccc(C(=O)O)cc2)C=CC(OC(=O)c2ccc(C(=O)O)cc2)C=C1. The molecule has 63 heavy (non-hydrogen) atoms. The third-order valence-electron chi connectivity index (χ3n) is 10.6.